The molecule has 3 heterocycles. The van der Waals surface area contributed by atoms with Crippen LogP contribution in [0.1, 0.15) is 59.2 Å². The third-order valence-electron chi connectivity index (χ3n) is 6.17. The molecule has 1 aliphatic heterocycles. The Morgan fingerprint density at radius 2 is 1.97 bits per heavy atom. The number of fused-ring (bicyclic) bond motifs is 1. The van der Waals surface area contributed by atoms with Gasteiger partial charge in [-0.05, 0) is 63.5 Å². The summed E-state index contributed by atoms with van der Waals surface area (Å²) in [6, 6.07) is 6.96. The zero-order valence-corrected chi connectivity index (χ0v) is 21.2. The van der Waals surface area contributed by atoms with Gasteiger partial charge in [0.1, 0.15) is 11.0 Å². The Hall–Kier alpha value is -2.68. The fourth-order valence-corrected chi connectivity index (χ4v) is 4.61. The zero-order chi connectivity index (χ0) is 23.7. The molecule has 34 heavy (non-hydrogen) atoms. The van der Waals surface area contributed by atoms with Gasteiger partial charge in [-0.15, -0.1) is 12.4 Å². The minimum Gasteiger partial charge on any atom is -0.464 e. The predicted octanol–water partition coefficient (Wildman–Crippen LogP) is 4.14. The summed E-state index contributed by atoms with van der Waals surface area (Å²) in [5, 5.41) is 7.49. The Morgan fingerprint density at radius 3 is 2.65 bits per heavy atom. The van der Waals surface area contributed by atoms with Gasteiger partial charge in [0.15, 0.2) is 5.69 Å². The summed E-state index contributed by atoms with van der Waals surface area (Å²) in [6.45, 7) is 5.75. The number of pyridine rings is 1. The van der Waals surface area contributed by atoms with Gasteiger partial charge in [-0.2, -0.15) is 0 Å². The van der Waals surface area contributed by atoms with Crippen LogP contribution in [0, 0.1) is 6.92 Å². The lowest BCUT2D eigenvalue weighted by atomic mass is 9.95. The second kappa shape index (κ2) is 10.7. The molecule has 1 atom stereocenters. The standard InChI is InChI=1S/C24H28ClN5O3.ClH/c1-13-11-16(14(2)27-18-5-6-19(25)28-21(18)24(32)33-4)20-17(12-13)23(31)30(3)22(29-20)15-7-9-26-10-8-15;/h5-6,11-12,14-15,26-27H,7-10H2,1-4H3;1H/t14-;/m1./s1. The van der Waals surface area contributed by atoms with Crippen molar-refractivity contribution in [3.63, 3.8) is 0 Å². The predicted molar refractivity (Wildman–Crippen MR) is 136 cm³/mol. The highest BCUT2D eigenvalue weighted by molar-refractivity contribution is 6.29. The molecule has 0 amide bonds. The van der Waals surface area contributed by atoms with Crippen LogP contribution in [0.25, 0.3) is 10.9 Å². The van der Waals surface area contributed by atoms with Crippen LogP contribution in [0.5, 0.6) is 0 Å². The summed E-state index contributed by atoms with van der Waals surface area (Å²) in [5.74, 6) is 0.466. The second-order valence-corrected chi connectivity index (χ2v) is 8.88. The maximum atomic E-state index is 13.3. The van der Waals surface area contributed by atoms with Crippen LogP contribution in [0.15, 0.2) is 29.1 Å². The van der Waals surface area contributed by atoms with E-state index in [9.17, 15) is 9.59 Å². The number of piperidine rings is 1. The molecule has 0 unspecified atom stereocenters. The zero-order valence-electron chi connectivity index (χ0n) is 19.6. The Morgan fingerprint density at radius 1 is 1.26 bits per heavy atom. The first kappa shape index (κ1) is 25.9. The van der Waals surface area contributed by atoms with Crippen molar-refractivity contribution in [3.8, 4) is 0 Å². The summed E-state index contributed by atoms with van der Waals surface area (Å²) >= 11 is 6.00. The lowest BCUT2D eigenvalue weighted by Gasteiger charge is -2.25. The van der Waals surface area contributed by atoms with Crippen molar-refractivity contribution < 1.29 is 9.53 Å². The van der Waals surface area contributed by atoms with Gasteiger partial charge in [-0.3, -0.25) is 9.36 Å². The smallest absolute Gasteiger partial charge is 0.358 e. The SMILES string of the molecule is COC(=O)c1nc(Cl)ccc1N[C@H](C)c1cc(C)cc2c(=O)n(C)c(C3CCNCC3)nc12.Cl. The van der Waals surface area contributed by atoms with E-state index in [-0.39, 0.29) is 40.8 Å². The number of aromatic nitrogens is 3. The molecular weight excluding hydrogens is 477 g/mol. The molecule has 182 valence electrons. The molecule has 0 radical (unpaired) electrons. The fraction of sp³-hybridized carbons (Fsp3) is 0.417. The van der Waals surface area contributed by atoms with Gasteiger partial charge < -0.3 is 15.4 Å². The van der Waals surface area contributed by atoms with Gasteiger partial charge in [0, 0.05) is 18.5 Å². The van der Waals surface area contributed by atoms with E-state index in [1.54, 1.807) is 23.7 Å². The van der Waals surface area contributed by atoms with E-state index in [1.165, 1.54) is 7.11 Å². The van der Waals surface area contributed by atoms with Crippen molar-refractivity contribution in [1.29, 1.82) is 0 Å². The molecule has 2 aromatic heterocycles. The highest BCUT2D eigenvalue weighted by Crippen LogP contribution is 2.30. The van der Waals surface area contributed by atoms with E-state index >= 15 is 0 Å². The molecule has 0 spiro atoms. The average Bonchev–Trinajstić information content (AvgIpc) is 2.82. The molecule has 4 rings (SSSR count). The van der Waals surface area contributed by atoms with E-state index < -0.39 is 5.97 Å². The minimum atomic E-state index is -0.582. The number of rotatable bonds is 5. The van der Waals surface area contributed by atoms with E-state index in [1.807, 2.05) is 26.0 Å². The summed E-state index contributed by atoms with van der Waals surface area (Å²) < 4.78 is 6.55. The maximum absolute atomic E-state index is 13.3. The molecular formula is C24H29Cl2N5O3. The normalized spacial score (nSPS) is 15.0. The third kappa shape index (κ3) is 5.04. The van der Waals surface area contributed by atoms with Crippen molar-refractivity contribution >= 4 is 46.6 Å². The summed E-state index contributed by atoms with van der Waals surface area (Å²) in [7, 11) is 3.10. The first-order valence-electron chi connectivity index (χ1n) is 11.0. The number of carbonyl (C=O) groups is 1. The Balaban J connectivity index is 0.00000324. The van der Waals surface area contributed by atoms with Crippen molar-refractivity contribution in [2.45, 2.75) is 38.6 Å². The number of benzene rings is 1. The van der Waals surface area contributed by atoms with E-state index in [0.717, 1.165) is 42.9 Å². The van der Waals surface area contributed by atoms with Crippen LogP contribution in [-0.4, -0.2) is 40.7 Å². The number of aryl methyl sites for hydroxylation is 1. The van der Waals surface area contributed by atoms with E-state index in [4.69, 9.17) is 21.3 Å². The molecule has 1 aliphatic rings. The van der Waals surface area contributed by atoms with Crippen LogP contribution in [-0.2, 0) is 11.8 Å². The number of anilines is 1. The number of hydrogen-bond donors (Lipinski definition) is 2. The number of ether oxygens (including phenoxy) is 1. The van der Waals surface area contributed by atoms with E-state index in [2.05, 4.69) is 15.6 Å². The van der Waals surface area contributed by atoms with Crippen LogP contribution in [0.3, 0.4) is 0 Å². The molecule has 1 fully saturated rings. The van der Waals surface area contributed by atoms with Gasteiger partial charge in [-0.1, -0.05) is 17.7 Å². The molecule has 0 bridgehead atoms. The number of methoxy groups -OCH3 is 1. The van der Waals surface area contributed by atoms with E-state index in [0.29, 0.717) is 16.6 Å². The molecule has 10 heteroatoms. The maximum Gasteiger partial charge on any atom is 0.358 e. The number of halogens is 2. The molecule has 3 aromatic rings. The molecule has 0 saturated carbocycles. The van der Waals surface area contributed by atoms with Crippen molar-refractivity contribution in [2.75, 3.05) is 25.5 Å². The lowest BCUT2D eigenvalue weighted by Crippen LogP contribution is -2.31. The summed E-state index contributed by atoms with van der Waals surface area (Å²) in [4.78, 5) is 34.7. The molecule has 2 N–H and O–H groups in total. The van der Waals surface area contributed by atoms with Gasteiger partial charge in [0.05, 0.1) is 29.7 Å². The molecule has 1 aromatic carbocycles. The highest BCUT2D eigenvalue weighted by Gasteiger charge is 2.24. The Bertz CT molecular complexity index is 1270. The summed E-state index contributed by atoms with van der Waals surface area (Å²) in [6.07, 6.45) is 1.89. The monoisotopic (exact) mass is 505 g/mol. The molecule has 0 aliphatic carbocycles. The van der Waals surface area contributed by atoms with Crippen molar-refractivity contribution in [3.05, 3.63) is 62.4 Å². The van der Waals surface area contributed by atoms with Crippen LogP contribution < -0.4 is 16.2 Å². The van der Waals surface area contributed by atoms with Crippen LogP contribution in [0.4, 0.5) is 5.69 Å². The average molecular weight is 506 g/mol. The van der Waals surface area contributed by atoms with Crippen LogP contribution >= 0.6 is 24.0 Å². The topological polar surface area (TPSA) is 98.1 Å². The molecule has 1 saturated heterocycles. The quantitative estimate of drug-likeness (QED) is 0.397. The highest BCUT2D eigenvalue weighted by atomic mass is 35.5. The number of nitrogens with zero attached hydrogens (tertiary/aromatic N) is 3. The van der Waals surface area contributed by atoms with Gasteiger partial charge in [0.25, 0.3) is 5.56 Å². The second-order valence-electron chi connectivity index (χ2n) is 8.50. The number of carbonyl (C=O) groups excluding carboxylic acids is 1. The van der Waals surface area contributed by atoms with Gasteiger partial charge >= 0.3 is 5.97 Å². The van der Waals surface area contributed by atoms with Crippen molar-refractivity contribution in [1.82, 2.24) is 19.9 Å². The Kier molecular flexibility index (Phi) is 8.17. The largest absolute Gasteiger partial charge is 0.464 e. The third-order valence-corrected chi connectivity index (χ3v) is 6.38. The van der Waals surface area contributed by atoms with Gasteiger partial charge in [-0.25, -0.2) is 14.8 Å². The Labute approximate surface area is 209 Å². The number of nitrogens with one attached hydrogen (secondary N) is 2. The number of esters is 1. The first-order chi connectivity index (χ1) is 15.8. The summed E-state index contributed by atoms with van der Waals surface area (Å²) in [5.41, 5.74) is 3.07. The molecule has 8 nitrogen and oxygen atoms in total. The lowest BCUT2D eigenvalue weighted by molar-refractivity contribution is 0.0595. The first-order valence-corrected chi connectivity index (χ1v) is 11.4. The van der Waals surface area contributed by atoms with Gasteiger partial charge in [0.2, 0.25) is 0 Å². The minimum absolute atomic E-state index is 0. The van der Waals surface area contributed by atoms with Crippen molar-refractivity contribution in [2.24, 2.45) is 7.05 Å². The van der Waals surface area contributed by atoms with Crippen LogP contribution in [0.2, 0.25) is 5.15 Å². The fourth-order valence-electron chi connectivity index (χ4n) is 4.46. The number of hydrogen-bond acceptors (Lipinski definition) is 7.